The van der Waals surface area contributed by atoms with Crippen molar-refractivity contribution in [2.24, 2.45) is 0 Å². The molecule has 37 heavy (non-hydrogen) atoms. The summed E-state index contributed by atoms with van der Waals surface area (Å²) in [7, 11) is -3.81. The molecule has 0 aliphatic carbocycles. The van der Waals surface area contributed by atoms with Crippen molar-refractivity contribution in [3.63, 3.8) is 0 Å². The maximum absolute atomic E-state index is 13.6. The fraction of sp³-hybridized carbons (Fsp3) is 0.310. The highest BCUT2D eigenvalue weighted by Crippen LogP contribution is 2.35. The van der Waals surface area contributed by atoms with E-state index < -0.39 is 21.9 Å². The number of para-hydroxylation sites is 1. The Hall–Kier alpha value is -3.67. The van der Waals surface area contributed by atoms with Gasteiger partial charge in [-0.3, -0.25) is 4.79 Å². The van der Waals surface area contributed by atoms with E-state index in [0.29, 0.717) is 17.9 Å². The van der Waals surface area contributed by atoms with E-state index in [2.05, 4.69) is 4.85 Å². The van der Waals surface area contributed by atoms with Gasteiger partial charge >= 0.3 is 5.97 Å². The monoisotopic (exact) mass is 518 g/mol. The van der Waals surface area contributed by atoms with Crippen molar-refractivity contribution in [1.82, 2.24) is 4.31 Å². The van der Waals surface area contributed by atoms with Crippen LogP contribution < -0.4 is 4.74 Å². The molecule has 3 aromatic rings. The molecule has 8 heteroatoms. The summed E-state index contributed by atoms with van der Waals surface area (Å²) < 4.78 is 34.8. The van der Waals surface area contributed by atoms with Crippen LogP contribution in [0.4, 0.5) is 5.69 Å². The van der Waals surface area contributed by atoms with Crippen molar-refractivity contribution in [1.29, 1.82) is 0 Å². The standard InChI is InChI=1S/C29H30N2O5S/c1-5-24-18-31(37(34,35)28-9-7-6-8-27(28)36-24)17-22-15-21(11-10-19(22)2)26(16-29(32)33)25-13-12-23(30-4)14-20(25)3/h6-15,24,26H,5,16-18H2,1-3H3,(H,32,33). The first-order valence-corrected chi connectivity index (χ1v) is 13.6. The number of carboxylic acids is 1. The van der Waals surface area contributed by atoms with E-state index in [0.717, 1.165) is 27.8 Å². The third kappa shape index (κ3) is 5.53. The highest BCUT2D eigenvalue weighted by atomic mass is 32.2. The number of benzene rings is 3. The predicted molar refractivity (Wildman–Crippen MR) is 141 cm³/mol. The quantitative estimate of drug-likeness (QED) is 0.398. The summed E-state index contributed by atoms with van der Waals surface area (Å²) in [4.78, 5) is 15.4. The smallest absolute Gasteiger partial charge is 0.304 e. The molecule has 1 N–H and O–H groups in total. The number of ether oxygens (including phenoxy) is 1. The fourth-order valence-corrected chi connectivity index (χ4v) is 6.35. The van der Waals surface area contributed by atoms with Crippen LogP contribution in [0.3, 0.4) is 0 Å². The molecular formula is C29H30N2O5S. The molecule has 0 bridgehead atoms. The molecule has 1 heterocycles. The van der Waals surface area contributed by atoms with Crippen LogP contribution in [0.15, 0.2) is 65.6 Å². The van der Waals surface area contributed by atoms with E-state index in [-0.39, 0.29) is 30.5 Å². The Morgan fingerprint density at radius 3 is 2.57 bits per heavy atom. The SMILES string of the molecule is [C-]#[N+]c1ccc(C(CC(=O)O)c2ccc(C)c(CN3CC(CC)Oc4ccccc4S3(=O)=O)c2)c(C)c1. The van der Waals surface area contributed by atoms with Gasteiger partial charge < -0.3 is 9.84 Å². The van der Waals surface area contributed by atoms with Crippen molar-refractivity contribution >= 4 is 21.7 Å². The number of fused-ring (bicyclic) bond motifs is 1. The molecule has 1 aliphatic heterocycles. The molecule has 2 atom stereocenters. The number of hydrogen-bond acceptors (Lipinski definition) is 4. The molecule has 7 nitrogen and oxygen atoms in total. The van der Waals surface area contributed by atoms with Gasteiger partial charge in [0.15, 0.2) is 5.69 Å². The second-order valence-electron chi connectivity index (χ2n) is 9.38. The van der Waals surface area contributed by atoms with Crippen LogP contribution in [0.5, 0.6) is 5.75 Å². The van der Waals surface area contributed by atoms with Gasteiger partial charge in [0.1, 0.15) is 16.7 Å². The molecule has 0 aromatic heterocycles. The van der Waals surface area contributed by atoms with Crippen molar-refractivity contribution in [3.05, 3.63) is 99.9 Å². The van der Waals surface area contributed by atoms with Gasteiger partial charge in [-0.2, -0.15) is 4.31 Å². The minimum Gasteiger partial charge on any atom is -0.488 e. The highest BCUT2D eigenvalue weighted by molar-refractivity contribution is 7.89. The largest absolute Gasteiger partial charge is 0.488 e. The van der Waals surface area contributed by atoms with Crippen LogP contribution in [0.1, 0.15) is 53.5 Å². The van der Waals surface area contributed by atoms with E-state index >= 15 is 0 Å². The Labute approximate surface area is 218 Å². The molecule has 0 spiro atoms. The van der Waals surface area contributed by atoms with Crippen molar-refractivity contribution in [3.8, 4) is 5.75 Å². The lowest BCUT2D eigenvalue weighted by atomic mass is 9.84. The molecule has 192 valence electrons. The van der Waals surface area contributed by atoms with Crippen LogP contribution in [0.2, 0.25) is 0 Å². The van der Waals surface area contributed by atoms with Gasteiger partial charge in [-0.1, -0.05) is 61.0 Å². The molecule has 0 amide bonds. The van der Waals surface area contributed by atoms with Crippen LogP contribution in [0, 0.1) is 20.4 Å². The fourth-order valence-electron chi connectivity index (χ4n) is 4.77. The summed E-state index contributed by atoms with van der Waals surface area (Å²) in [6, 6.07) is 17.7. The first kappa shape index (κ1) is 26.4. The molecule has 0 saturated heterocycles. The number of carboxylic acid groups (broad SMARTS) is 1. The Kier molecular flexibility index (Phi) is 7.67. The molecule has 3 aromatic carbocycles. The van der Waals surface area contributed by atoms with Gasteiger partial charge in [-0.15, -0.1) is 0 Å². The highest BCUT2D eigenvalue weighted by Gasteiger charge is 2.34. The van der Waals surface area contributed by atoms with Gasteiger partial charge in [0.2, 0.25) is 10.0 Å². The van der Waals surface area contributed by atoms with Crippen LogP contribution in [-0.2, 0) is 21.4 Å². The Morgan fingerprint density at radius 1 is 1.14 bits per heavy atom. The van der Waals surface area contributed by atoms with E-state index in [9.17, 15) is 18.3 Å². The molecule has 0 saturated carbocycles. The number of rotatable bonds is 7. The molecule has 2 unspecified atom stereocenters. The number of aryl methyl sites for hydroxylation is 2. The average molecular weight is 519 g/mol. The second kappa shape index (κ2) is 10.8. The minimum atomic E-state index is -3.81. The number of carbonyl (C=O) groups is 1. The summed E-state index contributed by atoms with van der Waals surface area (Å²) in [5, 5.41) is 9.68. The van der Waals surface area contributed by atoms with Crippen molar-refractivity contribution in [2.75, 3.05) is 6.54 Å². The van der Waals surface area contributed by atoms with Gasteiger partial charge in [0.25, 0.3) is 0 Å². The number of sulfonamides is 1. The van der Waals surface area contributed by atoms with E-state index in [1.165, 1.54) is 4.31 Å². The zero-order chi connectivity index (χ0) is 26.7. The zero-order valence-corrected chi connectivity index (χ0v) is 22.0. The Morgan fingerprint density at radius 2 is 1.89 bits per heavy atom. The maximum atomic E-state index is 13.6. The van der Waals surface area contributed by atoms with E-state index in [4.69, 9.17) is 11.3 Å². The lowest BCUT2D eigenvalue weighted by Gasteiger charge is -2.25. The first-order chi connectivity index (χ1) is 17.6. The molecule has 1 aliphatic rings. The van der Waals surface area contributed by atoms with Crippen molar-refractivity contribution in [2.45, 2.75) is 57.1 Å². The van der Waals surface area contributed by atoms with Crippen LogP contribution >= 0.6 is 0 Å². The lowest BCUT2D eigenvalue weighted by Crippen LogP contribution is -2.36. The Balaban J connectivity index is 1.75. The van der Waals surface area contributed by atoms with Gasteiger partial charge in [-0.05, 0) is 54.7 Å². The molecule has 0 fully saturated rings. The third-order valence-electron chi connectivity index (χ3n) is 6.88. The zero-order valence-electron chi connectivity index (χ0n) is 21.1. The summed E-state index contributed by atoms with van der Waals surface area (Å²) in [5.74, 6) is -1.01. The number of nitrogens with zero attached hydrogens (tertiary/aromatic N) is 2. The summed E-state index contributed by atoms with van der Waals surface area (Å²) in [6.45, 7) is 13.4. The first-order valence-electron chi connectivity index (χ1n) is 12.2. The summed E-state index contributed by atoms with van der Waals surface area (Å²) in [6.07, 6.45) is 0.243. The van der Waals surface area contributed by atoms with Gasteiger partial charge in [0.05, 0.1) is 19.5 Å². The normalized spacial score (nSPS) is 17.6. The predicted octanol–water partition coefficient (Wildman–Crippen LogP) is 5.82. The lowest BCUT2D eigenvalue weighted by molar-refractivity contribution is -0.137. The average Bonchev–Trinajstić information content (AvgIpc) is 2.97. The van der Waals surface area contributed by atoms with Crippen LogP contribution in [-0.4, -0.2) is 36.4 Å². The van der Waals surface area contributed by atoms with E-state index in [1.807, 2.05) is 45.0 Å². The minimum absolute atomic E-state index is 0.123. The summed E-state index contributed by atoms with van der Waals surface area (Å²) >= 11 is 0. The molecular weight excluding hydrogens is 488 g/mol. The summed E-state index contributed by atoms with van der Waals surface area (Å²) in [5.41, 5.74) is 4.69. The van der Waals surface area contributed by atoms with E-state index in [1.54, 1.807) is 36.4 Å². The number of aliphatic carboxylic acids is 1. The molecule has 4 rings (SSSR count). The van der Waals surface area contributed by atoms with Gasteiger partial charge in [-0.25, -0.2) is 13.3 Å². The second-order valence-corrected chi connectivity index (χ2v) is 11.3. The molecule has 0 radical (unpaired) electrons. The van der Waals surface area contributed by atoms with Gasteiger partial charge in [0, 0.05) is 12.5 Å². The Bertz CT molecular complexity index is 1480. The topological polar surface area (TPSA) is 88.3 Å². The number of hydrogen-bond donors (Lipinski definition) is 1. The van der Waals surface area contributed by atoms with Crippen LogP contribution in [0.25, 0.3) is 4.85 Å². The van der Waals surface area contributed by atoms with Crippen molar-refractivity contribution < 1.29 is 23.1 Å². The third-order valence-corrected chi connectivity index (χ3v) is 8.73. The maximum Gasteiger partial charge on any atom is 0.304 e.